The Bertz CT molecular complexity index is 470. The van der Waals surface area contributed by atoms with Gasteiger partial charge in [0.25, 0.3) is 0 Å². The van der Waals surface area contributed by atoms with E-state index in [0.717, 1.165) is 0 Å². The highest BCUT2D eigenvalue weighted by Gasteiger charge is 1.94. The van der Waals surface area contributed by atoms with E-state index in [0.29, 0.717) is 0 Å². The molecule has 0 fully saturated rings. The van der Waals surface area contributed by atoms with E-state index in [1.807, 2.05) is 0 Å². The highest BCUT2D eigenvalue weighted by molar-refractivity contribution is 4.83. The zero-order chi connectivity index (χ0) is 27.5. The summed E-state index contributed by atoms with van der Waals surface area (Å²) in [6, 6.07) is 0. The number of unbranched alkanes of at least 4 members (excludes halogenated alkanes) is 28. The third-order valence-electron chi connectivity index (χ3n) is 8.08. The molecule has 0 spiro atoms. The van der Waals surface area contributed by atoms with Gasteiger partial charge in [-0.05, 0) is 64.2 Å². The van der Waals surface area contributed by atoms with Gasteiger partial charge in [0.1, 0.15) is 0 Å². The third kappa shape index (κ3) is 35.2. The van der Waals surface area contributed by atoms with Crippen molar-refractivity contribution in [2.45, 2.75) is 206 Å². The Kier molecular flexibility index (Phi) is 35.5. The van der Waals surface area contributed by atoms with E-state index in [-0.39, 0.29) is 0 Å². The maximum absolute atomic E-state index is 3.80. The van der Waals surface area contributed by atoms with E-state index in [2.05, 4.69) is 43.9 Å². The minimum Gasteiger partial charge on any atom is -0.103 e. The van der Waals surface area contributed by atoms with E-state index in [1.165, 1.54) is 199 Å². The van der Waals surface area contributed by atoms with Gasteiger partial charge in [-0.25, -0.2) is 0 Å². The molecule has 0 aromatic heterocycles. The van der Waals surface area contributed by atoms with Crippen LogP contribution < -0.4 is 0 Å². The second kappa shape index (κ2) is 36.2. The summed E-state index contributed by atoms with van der Waals surface area (Å²) in [4.78, 5) is 0. The molecule has 0 aliphatic heterocycles. The lowest BCUT2D eigenvalue weighted by atomic mass is 10.0. The maximum atomic E-state index is 3.80. The molecule has 0 aliphatic carbocycles. The molecule has 0 heteroatoms. The molecule has 0 amide bonds. The first-order valence-corrected chi connectivity index (χ1v) is 17.8. The highest BCUT2D eigenvalue weighted by Crippen LogP contribution is 2.14. The van der Waals surface area contributed by atoms with E-state index >= 15 is 0 Å². The van der Waals surface area contributed by atoms with Crippen LogP contribution in [0.3, 0.4) is 0 Å². The number of hydrogen-bond donors (Lipinski definition) is 0. The van der Waals surface area contributed by atoms with Crippen molar-refractivity contribution in [3.63, 3.8) is 0 Å². The Morgan fingerprint density at radius 1 is 0.289 bits per heavy atom. The average molecular weight is 529 g/mol. The second-order valence-corrected chi connectivity index (χ2v) is 12.0. The molecule has 0 aliphatic rings. The second-order valence-electron chi connectivity index (χ2n) is 12.0. The number of rotatable bonds is 33. The fourth-order valence-electron chi connectivity index (χ4n) is 5.42. The average Bonchev–Trinajstić information content (AvgIpc) is 2.93. The van der Waals surface area contributed by atoms with Crippen LogP contribution in [-0.2, 0) is 0 Å². The minimum absolute atomic E-state index is 1.20. The van der Waals surface area contributed by atoms with Gasteiger partial charge >= 0.3 is 0 Å². The molecule has 0 aromatic rings. The predicted molar refractivity (Wildman–Crippen MR) is 177 cm³/mol. The Hall–Kier alpha value is -0.780. The van der Waals surface area contributed by atoms with Gasteiger partial charge in [-0.15, -0.1) is 6.58 Å². The van der Waals surface area contributed by atoms with Crippen molar-refractivity contribution >= 4 is 0 Å². The van der Waals surface area contributed by atoms with Crippen molar-refractivity contribution < 1.29 is 0 Å². The van der Waals surface area contributed by atoms with Gasteiger partial charge in [0.05, 0.1) is 0 Å². The Morgan fingerprint density at radius 2 is 0.500 bits per heavy atom. The Morgan fingerprint density at radius 3 is 0.763 bits per heavy atom. The molecule has 0 N–H and O–H groups in total. The maximum Gasteiger partial charge on any atom is -0.0351 e. The van der Waals surface area contributed by atoms with E-state index < -0.39 is 0 Å². The molecule has 0 rings (SSSR count). The van der Waals surface area contributed by atoms with Gasteiger partial charge in [-0.1, -0.05) is 172 Å². The standard InChI is InChI=1S/C38H72/c1-3-5-7-9-11-13-15-17-19-21-23-25-27-29-31-33-35-37-38-36-34-32-30-28-26-24-22-20-18-16-14-12-10-8-6-4-2/h3,30-33H,1,4-29,34-38H2,2H3. The summed E-state index contributed by atoms with van der Waals surface area (Å²) in [5.74, 6) is 0. The summed E-state index contributed by atoms with van der Waals surface area (Å²) in [6.07, 6.45) is 55.4. The molecule has 0 unspecified atom stereocenters. The summed E-state index contributed by atoms with van der Waals surface area (Å²) >= 11 is 0. The van der Waals surface area contributed by atoms with Crippen LogP contribution in [0.15, 0.2) is 37.0 Å². The van der Waals surface area contributed by atoms with Crippen LogP contribution in [0.1, 0.15) is 206 Å². The van der Waals surface area contributed by atoms with Gasteiger partial charge < -0.3 is 0 Å². The van der Waals surface area contributed by atoms with Gasteiger partial charge in [0, 0.05) is 0 Å². The minimum atomic E-state index is 1.20. The SMILES string of the molecule is C=CCCCCCCCCCCCCCC=CCCCCCC=CCCCCCCCCCCCCCC. The molecule has 0 bridgehead atoms. The molecule has 38 heavy (non-hydrogen) atoms. The van der Waals surface area contributed by atoms with Crippen molar-refractivity contribution in [3.05, 3.63) is 37.0 Å². The van der Waals surface area contributed by atoms with Crippen LogP contribution in [0.4, 0.5) is 0 Å². The first-order valence-electron chi connectivity index (χ1n) is 17.8. The van der Waals surface area contributed by atoms with Crippen LogP contribution in [0.5, 0.6) is 0 Å². The van der Waals surface area contributed by atoms with Crippen molar-refractivity contribution in [2.24, 2.45) is 0 Å². The lowest BCUT2D eigenvalue weighted by Gasteiger charge is -2.02. The molecule has 0 saturated heterocycles. The van der Waals surface area contributed by atoms with E-state index in [4.69, 9.17) is 0 Å². The molecule has 224 valence electrons. The molecular formula is C38H72. The van der Waals surface area contributed by atoms with Crippen molar-refractivity contribution in [1.29, 1.82) is 0 Å². The first-order chi connectivity index (χ1) is 18.9. The summed E-state index contributed by atoms with van der Waals surface area (Å²) in [5, 5.41) is 0. The van der Waals surface area contributed by atoms with Crippen molar-refractivity contribution in [3.8, 4) is 0 Å². The Labute approximate surface area is 242 Å². The van der Waals surface area contributed by atoms with Gasteiger partial charge in [0.15, 0.2) is 0 Å². The van der Waals surface area contributed by atoms with Crippen molar-refractivity contribution in [1.82, 2.24) is 0 Å². The van der Waals surface area contributed by atoms with Crippen LogP contribution in [0.25, 0.3) is 0 Å². The van der Waals surface area contributed by atoms with Crippen LogP contribution >= 0.6 is 0 Å². The van der Waals surface area contributed by atoms with Crippen molar-refractivity contribution in [2.75, 3.05) is 0 Å². The summed E-state index contributed by atoms with van der Waals surface area (Å²) in [5.41, 5.74) is 0. The van der Waals surface area contributed by atoms with Crippen LogP contribution in [-0.4, -0.2) is 0 Å². The molecule has 0 atom stereocenters. The smallest absolute Gasteiger partial charge is 0.0351 e. The van der Waals surface area contributed by atoms with Crippen LogP contribution in [0.2, 0.25) is 0 Å². The highest BCUT2D eigenvalue weighted by atomic mass is 14.0. The third-order valence-corrected chi connectivity index (χ3v) is 8.08. The summed E-state index contributed by atoms with van der Waals surface area (Å²) in [7, 11) is 0. The quantitative estimate of drug-likeness (QED) is 0.0586. The lowest BCUT2D eigenvalue weighted by molar-refractivity contribution is 0.545. The lowest BCUT2D eigenvalue weighted by Crippen LogP contribution is -1.82. The molecule has 0 aromatic carbocycles. The van der Waals surface area contributed by atoms with E-state index in [9.17, 15) is 0 Å². The zero-order valence-corrected chi connectivity index (χ0v) is 26.5. The predicted octanol–water partition coefficient (Wildman–Crippen LogP) is 14.4. The van der Waals surface area contributed by atoms with Crippen LogP contribution in [0, 0.1) is 0 Å². The summed E-state index contributed by atoms with van der Waals surface area (Å²) in [6.45, 7) is 6.10. The molecule has 0 heterocycles. The zero-order valence-electron chi connectivity index (χ0n) is 26.5. The largest absolute Gasteiger partial charge is 0.103 e. The van der Waals surface area contributed by atoms with Gasteiger partial charge in [-0.2, -0.15) is 0 Å². The number of allylic oxidation sites excluding steroid dienone is 5. The van der Waals surface area contributed by atoms with Gasteiger partial charge in [0.2, 0.25) is 0 Å². The number of hydrogen-bond acceptors (Lipinski definition) is 0. The first kappa shape index (κ1) is 37.2. The molecule has 0 nitrogen and oxygen atoms in total. The normalized spacial score (nSPS) is 11.8. The van der Waals surface area contributed by atoms with E-state index in [1.54, 1.807) is 0 Å². The fourth-order valence-corrected chi connectivity index (χ4v) is 5.42. The topological polar surface area (TPSA) is 0 Å². The van der Waals surface area contributed by atoms with Gasteiger partial charge in [-0.3, -0.25) is 0 Å². The fraction of sp³-hybridized carbons (Fsp3) is 0.842. The summed E-state index contributed by atoms with van der Waals surface area (Å²) < 4.78 is 0. The molecular weight excluding hydrogens is 456 g/mol. The molecule has 0 radical (unpaired) electrons. The molecule has 0 saturated carbocycles. The Balaban J connectivity index is 3.14. The monoisotopic (exact) mass is 529 g/mol.